The predicted octanol–water partition coefficient (Wildman–Crippen LogP) is 1.85. The summed E-state index contributed by atoms with van der Waals surface area (Å²) in [4.78, 5) is 39.1. The number of morpholine rings is 1. The van der Waals surface area contributed by atoms with Crippen molar-refractivity contribution in [1.29, 1.82) is 0 Å². The first kappa shape index (κ1) is 34.9. The lowest BCUT2D eigenvalue weighted by Crippen LogP contribution is -2.50. The fourth-order valence-electron chi connectivity index (χ4n) is 2.27. The fourth-order valence-corrected chi connectivity index (χ4v) is 2.27. The van der Waals surface area contributed by atoms with Crippen LogP contribution in [0.15, 0.2) is 0 Å². The monoisotopic (exact) mass is 462 g/mol. The van der Waals surface area contributed by atoms with Crippen LogP contribution in [0.25, 0.3) is 0 Å². The predicted molar refractivity (Wildman–Crippen MR) is 131 cm³/mol. The van der Waals surface area contributed by atoms with E-state index in [4.69, 9.17) is 9.47 Å². The van der Waals surface area contributed by atoms with Crippen LogP contribution in [-0.2, 0) is 23.9 Å². The lowest BCUT2D eigenvalue weighted by molar-refractivity contribution is -0.140. The number of hydrogen-bond acceptors (Lipinski definition) is 6. The molecule has 0 aromatic carbocycles. The largest absolute Gasteiger partial charge is 0.383 e. The van der Waals surface area contributed by atoms with Crippen LogP contribution in [0.4, 0.5) is 0 Å². The number of carbonyl (C=O) groups is 3. The Kier molecular flexibility index (Phi) is 24.5. The summed E-state index contributed by atoms with van der Waals surface area (Å²) in [5, 5.41) is 2.43. The summed E-state index contributed by atoms with van der Waals surface area (Å²) in [6.07, 6.45) is 0. The second-order valence-corrected chi connectivity index (χ2v) is 7.24. The average Bonchev–Trinajstić information content (AvgIpc) is 2.78. The van der Waals surface area contributed by atoms with Crippen LogP contribution >= 0.6 is 0 Å². The lowest BCUT2D eigenvalue weighted by Gasteiger charge is -2.35. The highest BCUT2D eigenvalue weighted by Gasteiger charge is 2.24. The Morgan fingerprint density at radius 3 is 2.16 bits per heavy atom. The van der Waals surface area contributed by atoms with Gasteiger partial charge < -0.3 is 24.6 Å². The van der Waals surface area contributed by atoms with Crippen LogP contribution < -0.4 is 5.32 Å². The molecule has 3 amide bonds. The minimum absolute atomic E-state index is 0.0511. The van der Waals surface area contributed by atoms with E-state index in [0.717, 1.165) is 6.54 Å². The zero-order chi connectivity index (χ0) is 25.7. The zero-order valence-corrected chi connectivity index (χ0v) is 22.5. The Bertz CT molecular complexity index is 489. The molecule has 1 aliphatic heterocycles. The summed E-state index contributed by atoms with van der Waals surface area (Å²) in [6, 6.07) is 0.622. The molecule has 1 aliphatic rings. The van der Waals surface area contributed by atoms with Crippen molar-refractivity contribution >= 4 is 17.7 Å². The van der Waals surface area contributed by atoms with E-state index in [1.165, 1.54) is 11.8 Å². The van der Waals surface area contributed by atoms with E-state index in [9.17, 15) is 14.4 Å². The molecule has 0 saturated carbocycles. The standard InChI is InChI=1S/C11H22N2O2.C8H16N2O3.2C2H6/c1-9(2)12(4)7-11(14)13-5-6-15-8-10(13)3;1-7(11)9-6-8(12)10(2)4-5-13-3;2*1-2/h9-10H,5-8H2,1-4H3;4-6H2,1-3H3,(H,9,11);2*1-2H3. The molecule has 0 radical (unpaired) electrons. The number of hydrogen-bond donors (Lipinski definition) is 1. The van der Waals surface area contributed by atoms with Crippen molar-refractivity contribution in [2.45, 2.75) is 67.5 Å². The van der Waals surface area contributed by atoms with Gasteiger partial charge in [-0.05, 0) is 27.8 Å². The Morgan fingerprint density at radius 1 is 1.16 bits per heavy atom. The van der Waals surface area contributed by atoms with Crippen molar-refractivity contribution < 1.29 is 23.9 Å². The topological polar surface area (TPSA) is 91.4 Å². The first-order valence-electron chi connectivity index (χ1n) is 11.6. The third kappa shape index (κ3) is 17.9. The summed E-state index contributed by atoms with van der Waals surface area (Å²) in [6.45, 7) is 19.3. The van der Waals surface area contributed by atoms with Crippen LogP contribution in [0, 0.1) is 0 Å². The maximum absolute atomic E-state index is 12.0. The summed E-state index contributed by atoms with van der Waals surface area (Å²) in [5.74, 6) is -0.109. The molecule has 9 heteroatoms. The van der Waals surface area contributed by atoms with Crippen molar-refractivity contribution in [2.75, 3.05) is 67.2 Å². The summed E-state index contributed by atoms with van der Waals surface area (Å²) in [7, 11) is 5.23. The minimum Gasteiger partial charge on any atom is -0.383 e. The number of methoxy groups -OCH3 is 1. The van der Waals surface area contributed by atoms with Gasteiger partial charge in [0, 0.05) is 40.2 Å². The van der Waals surface area contributed by atoms with Crippen molar-refractivity contribution in [3.8, 4) is 0 Å². The quantitative estimate of drug-likeness (QED) is 0.592. The molecule has 1 unspecified atom stereocenters. The van der Waals surface area contributed by atoms with Gasteiger partial charge in [-0.15, -0.1) is 0 Å². The number of likely N-dealkylation sites (N-methyl/N-ethyl adjacent to an activating group) is 2. The smallest absolute Gasteiger partial charge is 0.241 e. The number of nitrogens with zero attached hydrogens (tertiary/aromatic N) is 3. The highest BCUT2D eigenvalue weighted by molar-refractivity contribution is 5.83. The molecule has 1 N–H and O–H groups in total. The van der Waals surface area contributed by atoms with Crippen molar-refractivity contribution in [3.63, 3.8) is 0 Å². The Balaban J connectivity index is -0.000000458. The highest BCUT2D eigenvalue weighted by atomic mass is 16.5. The number of ether oxygens (including phenoxy) is 2. The number of nitrogens with one attached hydrogen (secondary N) is 1. The van der Waals surface area contributed by atoms with Gasteiger partial charge in [-0.3, -0.25) is 19.3 Å². The van der Waals surface area contributed by atoms with Gasteiger partial charge in [0.1, 0.15) is 0 Å². The highest BCUT2D eigenvalue weighted by Crippen LogP contribution is 2.07. The summed E-state index contributed by atoms with van der Waals surface area (Å²) >= 11 is 0. The van der Waals surface area contributed by atoms with E-state index in [1.54, 1.807) is 14.2 Å². The lowest BCUT2D eigenvalue weighted by atomic mass is 10.2. The molecule has 32 heavy (non-hydrogen) atoms. The van der Waals surface area contributed by atoms with E-state index in [2.05, 4.69) is 24.1 Å². The molecule has 0 spiro atoms. The second kappa shape index (κ2) is 22.5. The average molecular weight is 463 g/mol. The third-order valence-corrected chi connectivity index (χ3v) is 4.50. The third-order valence-electron chi connectivity index (χ3n) is 4.50. The van der Waals surface area contributed by atoms with Crippen molar-refractivity contribution in [2.24, 2.45) is 0 Å². The molecule has 0 aliphatic carbocycles. The normalized spacial score (nSPS) is 14.8. The van der Waals surface area contributed by atoms with Gasteiger partial charge in [0.15, 0.2) is 0 Å². The summed E-state index contributed by atoms with van der Waals surface area (Å²) < 4.78 is 10.1. The first-order chi connectivity index (χ1) is 15.1. The van der Waals surface area contributed by atoms with E-state index >= 15 is 0 Å². The molecule has 1 saturated heterocycles. The van der Waals surface area contributed by atoms with Gasteiger partial charge >= 0.3 is 0 Å². The molecule has 9 nitrogen and oxygen atoms in total. The Labute approximate surface area is 196 Å². The maximum atomic E-state index is 12.0. The van der Waals surface area contributed by atoms with Crippen LogP contribution in [0.2, 0.25) is 0 Å². The molecule has 0 aromatic heterocycles. The molecule has 1 fully saturated rings. The second-order valence-electron chi connectivity index (χ2n) is 7.24. The number of carbonyl (C=O) groups excluding carboxylic acids is 3. The number of rotatable bonds is 8. The zero-order valence-electron chi connectivity index (χ0n) is 22.5. The molecular formula is C23H50N4O5. The van der Waals surface area contributed by atoms with E-state index in [-0.39, 0.29) is 30.3 Å². The van der Waals surface area contributed by atoms with Crippen molar-refractivity contribution in [3.05, 3.63) is 0 Å². The molecule has 0 aromatic rings. The Hall–Kier alpha value is -1.71. The van der Waals surface area contributed by atoms with E-state index in [1.807, 2.05) is 46.6 Å². The van der Waals surface area contributed by atoms with E-state index in [0.29, 0.717) is 39.0 Å². The summed E-state index contributed by atoms with van der Waals surface area (Å²) in [5.41, 5.74) is 0. The maximum Gasteiger partial charge on any atom is 0.241 e. The van der Waals surface area contributed by atoms with E-state index < -0.39 is 0 Å². The van der Waals surface area contributed by atoms with Gasteiger partial charge in [0.2, 0.25) is 17.7 Å². The van der Waals surface area contributed by atoms with Crippen LogP contribution in [-0.4, -0.2) is 112 Å². The molecular weight excluding hydrogens is 412 g/mol. The first-order valence-corrected chi connectivity index (χ1v) is 11.6. The van der Waals surface area contributed by atoms with Gasteiger partial charge in [0.25, 0.3) is 0 Å². The van der Waals surface area contributed by atoms with Crippen LogP contribution in [0.5, 0.6) is 0 Å². The SMILES string of the molecule is CC.CC.CC(C)N(C)CC(=O)N1CCOCC1C.COCCN(C)C(=O)CNC(C)=O. The van der Waals surface area contributed by atoms with Gasteiger partial charge in [-0.1, -0.05) is 27.7 Å². The van der Waals surface area contributed by atoms with Crippen molar-refractivity contribution in [1.82, 2.24) is 20.0 Å². The molecule has 192 valence electrons. The number of amides is 3. The molecule has 1 rings (SSSR count). The van der Waals surface area contributed by atoms with Crippen LogP contribution in [0.3, 0.4) is 0 Å². The fraction of sp³-hybridized carbons (Fsp3) is 0.870. The molecule has 1 heterocycles. The van der Waals surface area contributed by atoms with Gasteiger partial charge in [-0.25, -0.2) is 0 Å². The Morgan fingerprint density at radius 2 is 1.72 bits per heavy atom. The van der Waals surface area contributed by atoms with Gasteiger partial charge in [0.05, 0.1) is 39.0 Å². The van der Waals surface area contributed by atoms with Gasteiger partial charge in [-0.2, -0.15) is 0 Å². The molecule has 0 bridgehead atoms. The van der Waals surface area contributed by atoms with Crippen LogP contribution in [0.1, 0.15) is 55.4 Å². The minimum atomic E-state index is -0.200. The molecule has 1 atom stereocenters.